The van der Waals surface area contributed by atoms with E-state index >= 15 is 0 Å². The molecule has 5 nitrogen and oxygen atoms in total. The van der Waals surface area contributed by atoms with Crippen molar-refractivity contribution in [1.29, 1.82) is 0 Å². The number of aromatic nitrogens is 2. The van der Waals surface area contributed by atoms with Crippen LogP contribution in [-0.4, -0.2) is 21.7 Å². The zero-order chi connectivity index (χ0) is 16.9. The third-order valence-corrected chi connectivity index (χ3v) is 4.25. The van der Waals surface area contributed by atoms with Gasteiger partial charge in [0.05, 0.1) is 23.7 Å². The monoisotopic (exact) mass is 387 g/mol. The number of hydrogen-bond acceptors (Lipinski definition) is 3. The quantitative estimate of drug-likeness (QED) is 0.695. The minimum absolute atomic E-state index is 0.0543. The minimum Gasteiger partial charge on any atom is -0.469 e. The highest BCUT2D eigenvalue weighted by Gasteiger charge is 2.13. The molecule has 6 heteroatoms. The molecule has 0 saturated carbocycles. The van der Waals surface area contributed by atoms with E-state index in [9.17, 15) is 4.79 Å². The maximum absolute atomic E-state index is 12.3. The molecule has 0 fully saturated rings. The molecule has 0 spiro atoms. The SMILES string of the molecule is CC(CCc1ccco1)NC(=O)c1cnn(-c2ccc(Br)cc2)c1. The Hall–Kier alpha value is -2.34. The molecule has 0 saturated heterocycles. The Kier molecular flexibility index (Phi) is 5.15. The molecule has 0 aliphatic rings. The second kappa shape index (κ2) is 7.49. The second-order valence-corrected chi connectivity index (χ2v) is 6.56. The number of nitrogens with zero attached hydrogens (tertiary/aromatic N) is 2. The topological polar surface area (TPSA) is 60.1 Å². The summed E-state index contributed by atoms with van der Waals surface area (Å²) in [7, 11) is 0. The summed E-state index contributed by atoms with van der Waals surface area (Å²) < 4.78 is 8.00. The van der Waals surface area contributed by atoms with Crippen molar-refractivity contribution >= 4 is 21.8 Å². The first-order valence-electron chi connectivity index (χ1n) is 7.75. The Morgan fingerprint density at radius 2 is 2.12 bits per heavy atom. The summed E-state index contributed by atoms with van der Waals surface area (Å²) in [5.74, 6) is 0.810. The molecule has 1 aromatic carbocycles. The van der Waals surface area contributed by atoms with Crippen LogP contribution in [0, 0.1) is 0 Å². The van der Waals surface area contributed by atoms with Crippen LogP contribution in [0.1, 0.15) is 29.5 Å². The number of benzene rings is 1. The third-order valence-electron chi connectivity index (χ3n) is 3.72. The summed E-state index contributed by atoms with van der Waals surface area (Å²) in [4.78, 5) is 12.3. The van der Waals surface area contributed by atoms with Crippen molar-refractivity contribution in [2.75, 3.05) is 0 Å². The van der Waals surface area contributed by atoms with Crippen LogP contribution >= 0.6 is 15.9 Å². The molecule has 1 amide bonds. The highest BCUT2D eigenvalue weighted by Crippen LogP contribution is 2.14. The molecule has 1 atom stereocenters. The number of hydrogen-bond donors (Lipinski definition) is 1. The van der Waals surface area contributed by atoms with Gasteiger partial charge in [0.15, 0.2) is 0 Å². The average Bonchev–Trinajstić information content (AvgIpc) is 3.25. The standard InChI is InChI=1S/C18H18BrN3O2/c1-13(4-9-17-3-2-10-24-17)21-18(23)14-11-20-22(12-14)16-7-5-15(19)6-8-16/h2-3,5-8,10-13H,4,9H2,1H3,(H,21,23). The largest absolute Gasteiger partial charge is 0.469 e. The van der Waals surface area contributed by atoms with Crippen LogP contribution in [0.2, 0.25) is 0 Å². The fourth-order valence-electron chi connectivity index (χ4n) is 2.37. The number of halogens is 1. The van der Waals surface area contributed by atoms with E-state index in [-0.39, 0.29) is 11.9 Å². The van der Waals surface area contributed by atoms with Gasteiger partial charge in [-0.2, -0.15) is 5.10 Å². The smallest absolute Gasteiger partial charge is 0.254 e. The van der Waals surface area contributed by atoms with Gasteiger partial charge in [-0.3, -0.25) is 4.79 Å². The maximum Gasteiger partial charge on any atom is 0.254 e. The van der Waals surface area contributed by atoms with E-state index in [1.165, 1.54) is 0 Å². The first-order valence-corrected chi connectivity index (χ1v) is 8.55. The van der Waals surface area contributed by atoms with Gasteiger partial charge in [0.1, 0.15) is 5.76 Å². The number of carbonyl (C=O) groups excluding carboxylic acids is 1. The molecule has 0 aliphatic carbocycles. The van der Waals surface area contributed by atoms with Crippen molar-refractivity contribution in [3.8, 4) is 5.69 Å². The molecule has 1 N–H and O–H groups in total. The number of nitrogens with one attached hydrogen (secondary N) is 1. The first kappa shape index (κ1) is 16.5. The Bertz CT molecular complexity index is 794. The Labute approximate surface area is 148 Å². The van der Waals surface area contributed by atoms with Crippen LogP contribution in [0.25, 0.3) is 5.69 Å². The molecule has 0 aliphatic heterocycles. The van der Waals surface area contributed by atoms with Gasteiger partial charge in [0.2, 0.25) is 0 Å². The van der Waals surface area contributed by atoms with Crippen LogP contribution in [0.4, 0.5) is 0 Å². The number of rotatable bonds is 6. The normalized spacial score (nSPS) is 12.1. The maximum atomic E-state index is 12.3. The van der Waals surface area contributed by atoms with Gasteiger partial charge in [0.25, 0.3) is 5.91 Å². The average molecular weight is 388 g/mol. The molecule has 3 rings (SSSR count). The van der Waals surface area contributed by atoms with Gasteiger partial charge in [-0.25, -0.2) is 4.68 Å². The lowest BCUT2D eigenvalue weighted by molar-refractivity contribution is 0.0938. The molecule has 2 heterocycles. The van der Waals surface area contributed by atoms with E-state index in [0.717, 1.165) is 28.8 Å². The van der Waals surface area contributed by atoms with Gasteiger partial charge in [-0.15, -0.1) is 0 Å². The van der Waals surface area contributed by atoms with Crippen LogP contribution < -0.4 is 5.32 Å². The van der Waals surface area contributed by atoms with Crippen molar-refractivity contribution in [1.82, 2.24) is 15.1 Å². The number of carbonyl (C=O) groups is 1. The number of furan rings is 1. The second-order valence-electron chi connectivity index (χ2n) is 5.64. The van der Waals surface area contributed by atoms with Crippen molar-refractivity contribution in [2.24, 2.45) is 0 Å². The summed E-state index contributed by atoms with van der Waals surface area (Å²) in [5.41, 5.74) is 1.45. The van der Waals surface area contributed by atoms with Crippen molar-refractivity contribution in [2.45, 2.75) is 25.8 Å². The lowest BCUT2D eigenvalue weighted by Gasteiger charge is -2.12. The zero-order valence-corrected chi connectivity index (χ0v) is 14.9. The molecule has 24 heavy (non-hydrogen) atoms. The minimum atomic E-state index is -0.120. The lowest BCUT2D eigenvalue weighted by Crippen LogP contribution is -2.32. The highest BCUT2D eigenvalue weighted by molar-refractivity contribution is 9.10. The van der Waals surface area contributed by atoms with E-state index in [1.54, 1.807) is 23.3 Å². The molecule has 3 aromatic rings. The predicted octanol–water partition coefficient (Wildman–Crippen LogP) is 3.98. The van der Waals surface area contributed by atoms with Gasteiger partial charge >= 0.3 is 0 Å². The zero-order valence-electron chi connectivity index (χ0n) is 13.3. The summed E-state index contributed by atoms with van der Waals surface area (Å²) >= 11 is 3.40. The number of aryl methyl sites for hydroxylation is 1. The predicted molar refractivity (Wildman–Crippen MR) is 95.2 cm³/mol. The third kappa shape index (κ3) is 4.14. The molecule has 2 aromatic heterocycles. The van der Waals surface area contributed by atoms with E-state index in [0.29, 0.717) is 5.56 Å². The fraction of sp³-hybridized carbons (Fsp3) is 0.222. The fourth-order valence-corrected chi connectivity index (χ4v) is 2.63. The molecule has 0 radical (unpaired) electrons. The summed E-state index contributed by atoms with van der Waals surface area (Å²) in [6.07, 6.45) is 6.59. The van der Waals surface area contributed by atoms with Crippen LogP contribution in [0.3, 0.4) is 0 Å². The summed E-state index contributed by atoms with van der Waals surface area (Å²) in [6, 6.07) is 11.6. The Morgan fingerprint density at radius 3 is 2.83 bits per heavy atom. The molecular formula is C18H18BrN3O2. The van der Waals surface area contributed by atoms with Gasteiger partial charge in [0, 0.05) is 23.1 Å². The molecule has 0 bridgehead atoms. The van der Waals surface area contributed by atoms with Crippen molar-refractivity contribution < 1.29 is 9.21 Å². The van der Waals surface area contributed by atoms with E-state index < -0.39 is 0 Å². The van der Waals surface area contributed by atoms with Crippen LogP contribution in [-0.2, 0) is 6.42 Å². The van der Waals surface area contributed by atoms with Gasteiger partial charge in [-0.1, -0.05) is 15.9 Å². The Morgan fingerprint density at radius 1 is 1.33 bits per heavy atom. The number of amides is 1. The highest BCUT2D eigenvalue weighted by atomic mass is 79.9. The Balaban J connectivity index is 1.58. The van der Waals surface area contributed by atoms with Crippen LogP contribution in [0.5, 0.6) is 0 Å². The van der Waals surface area contributed by atoms with Crippen molar-refractivity contribution in [3.63, 3.8) is 0 Å². The first-order chi connectivity index (χ1) is 11.6. The van der Waals surface area contributed by atoms with E-state index in [2.05, 4.69) is 26.3 Å². The van der Waals surface area contributed by atoms with E-state index in [1.807, 2.05) is 43.3 Å². The van der Waals surface area contributed by atoms with Crippen molar-refractivity contribution in [3.05, 3.63) is 70.9 Å². The molecule has 1 unspecified atom stereocenters. The molecular weight excluding hydrogens is 370 g/mol. The lowest BCUT2D eigenvalue weighted by atomic mass is 10.1. The summed E-state index contributed by atoms with van der Waals surface area (Å²) in [6.45, 7) is 1.99. The van der Waals surface area contributed by atoms with Gasteiger partial charge < -0.3 is 9.73 Å². The summed E-state index contributed by atoms with van der Waals surface area (Å²) in [5, 5.41) is 7.25. The van der Waals surface area contributed by atoms with Gasteiger partial charge in [-0.05, 0) is 49.7 Å². The van der Waals surface area contributed by atoms with E-state index in [4.69, 9.17) is 4.42 Å². The molecule has 124 valence electrons. The van der Waals surface area contributed by atoms with Crippen LogP contribution in [0.15, 0.2) is 63.9 Å².